The van der Waals surface area contributed by atoms with Crippen molar-refractivity contribution in [3.05, 3.63) is 29.1 Å². The number of ether oxygens (including phenoxy) is 1. The van der Waals surface area contributed by atoms with Gasteiger partial charge in [0, 0.05) is 22.5 Å². The van der Waals surface area contributed by atoms with Gasteiger partial charge in [-0.2, -0.15) is 0 Å². The molecule has 6 heteroatoms. The molecule has 1 aliphatic heterocycles. The van der Waals surface area contributed by atoms with E-state index < -0.39 is 5.54 Å². The molecule has 2 heterocycles. The lowest BCUT2D eigenvalue weighted by molar-refractivity contribution is -0.129. The van der Waals surface area contributed by atoms with Crippen molar-refractivity contribution in [3.8, 4) is 5.75 Å². The number of carbonyl (C=O) groups excluding carboxylic acids is 1. The Morgan fingerprint density at radius 2 is 2.25 bits per heavy atom. The van der Waals surface area contributed by atoms with E-state index in [4.69, 9.17) is 10.1 Å². The van der Waals surface area contributed by atoms with Crippen LogP contribution in [0.4, 0.5) is 0 Å². The first-order valence-electron chi connectivity index (χ1n) is 8.24. The van der Waals surface area contributed by atoms with Gasteiger partial charge in [0.15, 0.2) is 5.96 Å². The molecule has 1 saturated carbocycles. The predicted octanol–water partition coefficient (Wildman–Crippen LogP) is 3.29. The molecule has 5 nitrogen and oxygen atoms in total. The second kappa shape index (κ2) is 5.48. The highest BCUT2D eigenvalue weighted by atomic mass is 32.1. The van der Waals surface area contributed by atoms with Gasteiger partial charge in [-0.25, -0.2) is 0 Å². The van der Waals surface area contributed by atoms with Crippen LogP contribution in [0.2, 0.25) is 0 Å². The van der Waals surface area contributed by atoms with Gasteiger partial charge in [-0.15, -0.1) is 11.3 Å². The Balaban J connectivity index is 1.67. The molecule has 24 heavy (non-hydrogen) atoms. The van der Waals surface area contributed by atoms with E-state index in [1.807, 2.05) is 13.0 Å². The van der Waals surface area contributed by atoms with Gasteiger partial charge in [0.05, 0.1) is 18.6 Å². The smallest absolute Gasteiger partial charge is 0.231 e. The van der Waals surface area contributed by atoms with E-state index in [9.17, 15) is 4.79 Å². The van der Waals surface area contributed by atoms with Crippen molar-refractivity contribution in [2.24, 2.45) is 5.92 Å². The van der Waals surface area contributed by atoms with Crippen LogP contribution in [0.15, 0.2) is 23.6 Å². The zero-order valence-electron chi connectivity index (χ0n) is 13.9. The SMILES string of the molecule is CN1C(=N)N[C@](C)(c2ccc3scc(OCC4CC4)c3c2)CC1=O. The number of nitrogens with zero attached hydrogens (tertiary/aromatic N) is 1. The van der Waals surface area contributed by atoms with E-state index in [2.05, 4.69) is 22.8 Å². The number of amides is 1. The van der Waals surface area contributed by atoms with Crippen LogP contribution in [-0.2, 0) is 10.3 Å². The third kappa shape index (κ3) is 2.65. The third-order valence-corrected chi connectivity index (χ3v) is 5.90. The summed E-state index contributed by atoms with van der Waals surface area (Å²) in [5.41, 5.74) is 0.445. The lowest BCUT2D eigenvalue weighted by Gasteiger charge is -2.39. The van der Waals surface area contributed by atoms with Crippen LogP contribution in [0, 0.1) is 11.3 Å². The average molecular weight is 343 g/mol. The molecule has 1 aromatic carbocycles. The molecule has 0 spiro atoms. The zero-order chi connectivity index (χ0) is 16.9. The van der Waals surface area contributed by atoms with E-state index >= 15 is 0 Å². The van der Waals surface area contributed by atoms with Crippen molar-refractivity contribution in [1.29, 1.82) is 5.41 Å². The van der Waals surface area contributed by atoms with Crippen LogP contribution in [0.1, 0.15) is 31.7 Å². The molecule has 1 aromatic heterocycles. The molecular weight excluding hydrogens is 322 g/mol. The molecule has 4 rings (SSSR count). The van der Waals surface area contributed by atoms with Crippen molar-refractivity contribution in [1.82, 2.24) is 10.2 Å². The third-order valence-electron chi connectivity index (χ3n) is 4.96. The first kappa shape index (κ1) is 15.4. The quantitative estimate of drug-likeness (QED) is 0.895. The highest BCUT2D eigenvalue weighted by Crippen LogP contribution is 2.38. The van der Waals surface area contributed by atoms with Crippen LogP contribution >= 0.6 is 11.3 Å². The van der Waals surface area contributed by atoms with E-state index in [1.54, 1.807) is 18.4 Å². The maximum atomic E-state index is 12.2. The number of hydrogen-bond donors (Lipinski definition) is 2. The summed E-state index contributed by atoms with van der Waals surface area (Å²) < 4.78 is 7.17. The molecule has 0 unspecified atom stereocenters. The number of nitrogens with one attached hydrogen (secondary N) is 2. The number of benzene rings is 1. The van der Waals surface area contributed by atoms with E-state index in [0.717, 1.165) is 23.3 Å². The second-order valence-corrected chi connectivity index (χ2v) is 7.91. The monoisotopic (exact) mass is 343 g/mol. The fourth-order valence-corrected chi connectivity index (χ4v) is 3.92. The van der Waals surface area contributed by atoms with Crippen molar-refractivity contribution >= 4 is 33.3 Å². The topological polar surface area (TPSA) is 65.4 Å². The lowest BCUT2D eigenvalue weighted by atomic mass is 9.86. The summed E-state index contributed by atoms with van der Waals surface area (Å²) in [5, 5.41) is 14.3. The molecule has 1 atom stereocenters. The Hall–Kier alpha value is -2.08. The summed E-state index contributed by atoms with van der Waals surface area (Å²) in [5.74, 6) is 1.75. The van der Waals surface area contributed by atoms with Gasteiger partial charge in [-0.05, 0) is 43.4 Å². The molecule has 0 radical (unpaired) electrons. The number of guanidine groups is 1. The first-order valence-corrected chi connectivity index (χ1v) is 9.12. The molecule has 126 valence electrons. The Labute approximate surface area is 145 Å². The minimum atomic E-state index is -0.565. The van der Waals surface area contributed by atoms with E-state index in [1.165, 1.54) is 22.4 Å². The molecule has 1 aliphatic carbocycles. The lowest BCUT2D eigenvalue weighted by Crippen LogP contribution is -2.58. The standard InChI is InChI=1S/C18H21N3O2S/c1-18(8-16(22)21(2)17(19)20-18)12-5-6-15-13(7-12)14(10-24-15)23-9-11-3-4-11/h5-7,10-11H,3-4,8-9H2,1-2H3,(H2,19,20)/t18-/m0/s1. The Morgan fingerprint density at radius 3 is 2.96 bits per heavy atom. The first-order chi connectivity index (χ1) is 11.5. The average Bonchev–Trinajstić information content (AvgIpc) is 3.29. The largest absolute Gasteiger partial charge is 0.492 e. The van der Waals surface area contributed by atoms with E-state index in [0.29, 0.717) is 12.3 Å². The summed E-state index contributed by atoms with van der Waals surface area (Å²) in [6.07, 6.45) is 2.87. The molecular formula is C18H21N3O2S. The minimum absolute atomic E-state index is 0.0446. The normalized spacial score (nSPS) is 24.3. The van der Waals surface area contributed by atoms with Gasteiger partial charge in [0.2, 0.25) is 5.91 Å². The molecule has 2 N–H and O–H groups in total. The van der Waals surface area contributed by atoms with Gasteiger partial charge < -0.3 is 10.1 Å². The van der Waals surface area contributed by atoms with Gasteiger partial charge >= 0.3 is 0 Å². The van der Waals surface area contributed by atoms with Crippen LogP contribution < -0.4 is 10.1 Å². The molecule has 2 fully saturated rings. The fourth-order valence-electron chi connectivity index (χ4n) is 3.06. The zero-order valence-corrected chi connectivity index (χ0v) is 14.7. The van der Waals surface area contributed by atoms with Gasteiger partial charge in [0.25, 0.3) is 0 Å². The number of carbonyl (C=O) groups is 1. The number of rotatable bonds is 4. The Bertz CT molecular complexity index is 807. The van der Waals surface area contributed by atoms with Gasteiger partial charge in [0.1, 0.15) is 5.75 Å². The maximum absolute atomic E-state index is 12.2. The van der Waals surface area contributed by atoms with Crippen LogP contribution in [-0.4, -0.2) is 30.4 Å². The van der Waals surface area contributed by atoms with Crippen molar-refractivity contribution < 1.29 is 9.53 Å². The highest BCUT2D eigenvalue weighted by molar-refractivity contribution is 7.17. The summed E-state index contributed by atoms with van der Waals surface area (Å²) in [4.78, 5) is 13.5. The van der Waals surface area contributed by atoms with Crippen LogP contribution in [0.25, 0.3) is 10.1 Å². The molecule has 1 saturated heterocycles. The number of fused-ring (bicyclic) bond motifs is 1. The Morgan fingerprint density at radius 1 is 1.46 bits per heavy atom. The predicted molar refractivity (Wildman–Crippen MR) is 95.6 cm³/mol. The van der Waals surface area contributed by atoms with Crippen molar-refractivity contribution in [3.63, 3.8) is 0 Å². The Kier molecular flexibility index (Phi) is 3.53. The molecule has 0 bridgehead atoms. The second-order valence-electron chi connectivity index (χ2n) is 7.00. The summed E-state index contributed by atoms with van der Waals surface area (Å²) in [6.45, 7) is 2.77. The van der Waals surface area contributed by atoms with Crippen molar-refractivity contribution in [2.45, 2.75) is 31.7 Å². The minimum Gasteiger partial charge on any atom is -0.492 e. The number of hydrogen-bond acceptors (Lipinski definition) is 4. The molecule has 2 aromatic rings. The highest BCUT2D eigenvalue weighted by Gasteiger charge is 2.38. The van der Waals surface area contributed by atoms with E-state index in [-0.39, 0.29) is 11.9 Å². The maximum Gasteiger partial charge on any atom is 0.231 e. The van der Waals surface area contributed by atoms with Gasteiger partial charge in [-0.3, -0.25) is 15.1 Å². The van der Waals surface area contributed by atoms with Crippen LogP contribution in [0.5, 0.6) is 5.75 Å². The number of thiophene rings is 1. The van der Waals surface area contributed by atoms with Gasteiger partial charge in [-0.1, -0.05) is 6.07 Å². The summed E-state index contributed by atoms with van der Waals surface area (Å²) in [7, 11) is 1.63. The molecule has 1 amide bonds. The van der Waals surface area contributed by atoms with Crippen LogP contribution in [0.3, 0.4) is 0 Å². The molecule has 2 aliphatic rings. The summed E-state index contributed by atoms with van der Waals surface area (Å²) >= 11 is 1.68. The van der Waals surface area contributed by atoms with Crippen molar-refractivity contribution in [2.75, 3.05) is 13.7 Å². The summed E-state index contributed by atoms with van der Waals surface area (Å²) in [6, 6.07) is 6.23. The fraction of sp³-hybridized carbons (Fsp3) is 0.444.